The van der Waals surface area contributed by atoms with Gasteiger partial charge in [0, 0.05) is 49.1 Å². The van der Waals surface area contributed by atoms with Gasteiger partial charge in [-0.25, -0.2) is 8.42 Å². The quantitative estimate of drug-likeness (QED) is 0.278. The molecule has 5 rings (SSSR count). The lowest BCUT2D eigenvalue weighted by Crippen LogP contribution is -2.47. The third-order valence-corrected chi connectivity index (χ3v) is 9.31. The molecule has 0 aliphatic carbocycles. The number of anilines is 2. The summed E-state index contributed by atoms with van der Waals surface area (Å²) in [7, 11) is -2.00. The number of nitrogens with two attached hydrogens (primary N) is 1. The maximum atomic E-state index is 13.6. The van der Waals surface area contributed by atoms with E-state index in [1.54, 1.807) is 30.3 Å². The minimum absolute atomic E-state index is 0.0142. The Labute approximate surface area is 261 Å². The molecule has 2 N–H and O–H groups in total. The number of likely N-dealkylation sites (tertiary alicyclic amines) is 1. The van der Waals surface area contributed by atoms with Gasteiger partial charge in [-0.05, 0) is 62.9 Å². The Morgan fingerprint density at radius 2 is 1.89 bits per heavy atom. The van der Waals surface area contributed by atoms with E-state index in [4.69, 9.17) is 19.9 Å². The van der Waals surface area contributed by atoms with Crippen LogP contribution < -0.4 is 15.4 Å². The molecule has 1 atom stereocenters. The first-order chi connectivity index (χ1) is 21.1. The van der Waals surface area contributed by atoms with Crippen molar-refractivity contribution in [1.82, 2.24) is 9.47 Å². The van der Waals surface area contributed by atoms with Crippen molar-refractivity contribution in [2.75, 3.05) is 56.8 Å². The summed E-state index contributed by atoms with van der Waals surface area (Å²) in [5.41, 5.74) is 7.67. The summed E-state index contributed by atoms with van der Waals surface area (Å²) in [5, 5.41) is 0.508. The average molecular weight is 649 g/mol. The standard InChI is InChI=1S/C32H39F3N4O5S/c1-31(2)43-20-24(44-31)19-37-15-12-22(13-16-37)38(29-11-10-25(45(4,40)41)18-30(29)42-3)14-6-7-23-17-26-27(36)8-5-9-28(26)39(23)21-32(33,34)35/h5,8-11,17-18,22,24H,12-16,19-21,36H2,1-4H3/t24-/m1/s1. The molecule has 0 saturated carbocycles. The molecule has 3 heterocycles. The van der Waals surface area contributed by atoms with Crippen LogP contribution in [0.15, 0.2) is 47.4 Å². The van der Waals surface area contributed by atoms with Crippen LogP contribution in [0, 0.1) is 11.8 Å². The van der Waals surface area contributed by atoms with E-state index < -0.39 is 28.3 Å². The zero-order valence-electron chi connectivity index (χ0n) is 25.9. The lowest BCUT2D eigenvalue weighted by atomic mass is 10.0. The van der Waals surface area contributed by atoms with Crippen LogP contribution in [-0.4, -0.2) is 88.1 Å². The van der Waals surface area contributed by atoms with Crippen molar-refractivity contribution in [3.05, 3.63) is 48.2 Å². The van der Waals surface area contributed by atoms with Crippen LogP contribution in [0.5, 0.6) is 5.75 Å². The van der Waals surface area contributed by atoms with Crippen molar-refractivity contribution in [3.63, 3.8) is 0 Å². The maximum Gasteiger partial charge on any atom is 0.406 e. The van der Waals surface area contributed by atoms with Crippen molar-refractivity contribution >= 4 is 32.1 Å². The molecule has 1 aromatic heterocycles. The number of piperidine rings is 1. The molecule has 3 aromatic rings. The number of halogens is 3. The number of hydrogen-bond donors (Lipinski definition) is 1. The third kappa shape index (κ3) is 7.87. The minimum Gasteiger partial charge on any atom is -0.495 e. The lowest BCUT2D eigenvalue weighted by Gasteiger charge is -2.40. The van der Waals surface area contributed by atoms with Crippen molar-refractivity contribution in [3.8, 4) is 17.6 Å². The molecule has 45 heavy (non-hydrogen) atoms. The normalized spacial score (nSPS) is 19.4. The fourth-order valence-corrected chi connectivity index (χ4v) is 6.70. The van der Waals surface area contributed by atoms with Gasteiger partial charge in [-0.1, -0.05) is 12.0 Å². The molecule has 2 aromatic carbocycles. The second-order valence-corrected chi connectivity index (χ2v) is 14.0. The van der Waals surface area contributed by atoms with Crippen molar-refractivity contribution in [1.29, 1.82) is 0 Å². The minimum atomic E-state index is -4.45. The molecule has 2 saturated heterocycles. The number of nitrogens with zero attached hydrogens (tertiary/aromatic N) is 3. The van der Waals surface area contributed by atoms with Crippen LogP contribution in [0.3, 0.4) is 0 Å². The summed E-state index contributed by atoms with van der Waals surface area (Å²) in [6.07, 6.45) is -1.78. The maximum absolute atomic E-state index is 13.6. The summed E-state index contributed by atoms with van der Waals surface area (Å²) in [5.74, 6) is 5.85. The van der Waals surface area contributed by atoms with Gasteiger partial charge in [-0.15, -0.1) is 0 Å². The van der Waals surface area contributed by atoms with Crippen molar-refractivity contribution in [2.45, 2.75) is 62.2 Å². The van der Waals surface area contributed by atoms with E-state index >= 15 is 0 Å². The van der Waals surface area contributed by atoms with E-state index in [9.17, 15) is 21.6 Å². The van der Waals surface area contributed by atoms with Crippen LogP contribution in [0.4, 0.5) is 24.5 Å². The van der Waals surface area contributed by atoms with E-state index in [2.05, 4.69) is 21.6 Å². The Morgan fingerprint density at radius 1 is 1.16 bits per heavy atom. The van der Waals surface area contributed by atoms with Crippen molar-refractivity contribution in [2.24, 2.45) is 0 Å². The van der Waals surface area contributed by atoms with Gasteiger partial charge < -0.3 is 34.3 Å². The number of methoxy groups -OCH3 is 1. The number of sulfone groups is 1. The molecule has 2 fully saturated rings. The Bertz CT molecular complexity index is 1700. The summed E-state index contributed by atoms with van der Waals surface area (Å²) in [4.78, 5) is 4.51. The van der Waals surface area contributed by atoms with Crippen molar-refractivity contribution < 1.29 is 35.8 Å². The Hall–Kier alpha value is -3.44. The fourth-order valence-electron chi connectivity index (χ4n) is 6.07. The van der Waals surface area contributed by atoms with E-state index in [1.165, 1.54) is 19.2 Å². The first kappa shape index (κ1) is 32.9. The molecule has 2 aliphatic rings. The van der Waals surface area contributed by atoms with E-state index in [0.717, 1.165) is 43.3 Å². The van der Waals surface area contributed by atoms with Gasteiger partial charge in [0.1, 0.15) is 12.3 Å². The van der Waals surface area contributed by atoms with Gasteiger partial charge in [0.25, 0.3) is 0 Å². The molecule has 2 aliphatic heterocycles. The second-order valence-electron chi connectivity index (χ2n) is 12.0. The largest absolute Gasteiger partial charge is 0.495 e. The molecule has 244 valence electrons. The molecule has 0 spiro atoms. The summed E-state index contributed by atoms with van der Waals surface area (Å²) in [6.45, 7) is 5.65. The fraction of sp³-hybridized carbons (Fsp3) is 0.500. The number of nitrogen functional groups attached to an aromatic ring is 1. The summed E-state index contributed by atoms with van der Waals surface area (Å²) in [6, 6.07) is 11.2. The average Bonchev–Trinajstić information content (AvgIpc) is 3.49. The lowest BCUT2D eigenvalue weighted by molar-refractivity contribution is -0.141. The zero-order valence-corrected chi connectivity index (χ0v) is 26.7. The molecule has 0 bridgehead atoms. The number of alkyl halides is 3. The van der Waals surface area contributed by atoms with Gasteiger partial charge >= 0.3 is 6.18 Å². The van der Waals surface area contributed by atoms with E-state index in [0.29, 0.717) is 34.6 Å². The molecule has 0 unspecified atom stereocenters. The molecule has 9 nitrogen and oxygen atoms in total. The Morgan fingerprint density at radius 3 is 2.51 bits per heavy atom. The molecule has 0 radical (unpaired) electrons. The molecule has 13 heteroatoms. The number of ether oxygens (including phenoxy) is 3. The van der Waals surface area contributed by atoms with Gasteiger partial charge in [0.05, 0.1) is 48.2 Å². The van der Waals surface area contributed by atoms with Gasteiger partial charge in [0.15, 0.2) is 15.6 Å². The summed E-state index contributed by atoms with van der Waals surface area (Å²) >= 11 is 0. The van der Waals surface area contributed by atoms with Crippen LogP contribution in [-0.2, 0) is 25.9 Å². The monoisotopic (exact) mass is 648 g/mol. The molecule has 0 amide bonds. The zero-order chi connectivity index (χ0) is 32.6. The first-order valence-corrected chi connectivity index (χ1v) is 16.6. The SMILES string of the molecule is COc1cc(S(C)(=O)=O)ccc1N(CC#Cc1cc2c(N)cccc2n1CC(F)(F)F)C1CCN(C[C@@H]2COC(C)(C)O2)CC1. The summed E-state index contributed by atoms with van der Waals surface area (Å²) < 4.78 is 83.6. The number of aromatic nitrogens is 1. The number of fused-ring (bicyclic) bond motifs is 1. The Kier molecular flexibility index (Phi) is 9.33. The van der Waals surface area contributed by atoms with Gasteiger partial charge in [-0.3, -0.25) is 0 Å². The van der Waals surface area contributed by atoms with Gasteiger partial charge in [-0.2, -0.15) is 13.2 Å². The highest BCUT2D eigenvalue weighted by Crippen LogP contribution is 2.35. The smallest absolute Gasteiger partial charge is 0.406 e. The number of hydrogen-bond acceptors (Lipinski definition) is 8. The van der Waals surface area contributed by atoms with Crippen LogP contribution >= 0.6 is 0 Å². The van der Waals surface area contributed by atoms with Crippen LogP contribution in [0.1, 0.15) is 32.4 Å². The predicted molar refractivity (Wildman–Crippen MR) is 167 cm³/mol. The number of benzene rings is 2. The van der Waals surface area contributed by atoms with E-state index in [1.807, 2.05) is 13.8 Å². The van der Waals surface area contributed by atoms with E-state index in [-0.39, 0.29) is 29.3 Å². The number of rotatable bonds is 8. The third-order valence-electron chi connectivity index (χ3n) is 8.20. The van der Waals surface area contributed by atoms with Crippen LogP contribution in [0.25, 0.3) is 10.9 Å². The Balaban J connectivity index is 1.43. The molecular formula is C32H39F3N4O5S. The second kappa shape index (κ2) is 12.7. The highest BCUT2D eigenvalue weighted by Gasteiger charge is 2.35. The predicted octanol–water partition coefficient (Wildman–Crippen LogP) is 4.67. The molecular weight excluding hydrogens is 609 g/mol. The highest BCUT2D eigenvalue weighted by molar-refractivity contribution is 7.90. The van der Waals surface area contributed by atoms with Gasteiger partial charge in [0.2, 0.25) is 0 Å². The first-order valence-electron chi connectivity index (χ1n) is 14.8. The highest BCUT2D eigenvalue weighted by atomic mass is 32.2. The van der Waals surface area contributed by atoms with Crippen LogP contribution in [0.2, 0.25) is 0 Å². The topological polar surface area (TPSA) is 99.3 Å².